The molecule has 0 atom stereocenters. The maximum absolute atomic E-state index is 13.2. The Labute approximate surface area is 136 Å². The first-order valence-electron chi connectivity index (χ1n) is 7.26. The number of carbonyl (C=O) groups excluding carboxylic acids is 2. The summed E-state index contributed by atoms with van der Waals surface area (Å²) in [4.78, 5) is 24.2. The third-order valence-corrected chi connectivity index (χ3v) is 3.42. The molecule has 0 unspecified atom stereocenters. The Balaban J connectivity index is 1.82. The molecule has 5 nitrogen and oxygen atoms in total. The van der Waals surface area contributed by atoms with Gasteiger partial charge in [0, 0.05) is 24.6 Å². The average Bonchev–Trinajstić information content (AvgIpc) is 2.55. The molecule has 0 bridgehead atoms. The Kier molecular flexibility index (Phi) is 4.33. The van der Waals surface area contributed by atoms with E-state index >= 15 is 0 Å². The molecule has 0 radical (unpaired) electrons. The van der Waals surface area contributed by atoms with Gasteiger partial charge in [-0.1, -0.05) is 18.2 Å². The highest BCUT2D eigenvalue weighted by Crippen LogP contribution is 2.20. The minimum absolute atomic E-state index is 0.0108. The van der Waals surface area contributed by atoms with E-state index in [0.29, 0.717) is 11.8 Å². The van der Waals surface area contributed by atoms with Crippen molar-refractivity contribution in [2.45, 2.75) is 12.8 Å². The van der Waals surface area contributed by atoms with Crippen molar-refractivity contribution in [1.82, 2.24) is 0 Å². The number of carbonyl (C=O) groups is 2. The molecule has 1 aliphatic heterocycles. The number of hydrogen-bond acceptors (Lipinski definition) is 3. The highest BCUT2D eigenvalue weighted by Gasteiger charge is 2.25. The van der Waals surface area contributed by atoms with Crippen LogP contribution in [-0.2, 0) is 9.59 Å². The second-order valence-electron chi connectivity index (χ2n) is 5.20. The Hall–Kier alpha value is -3.09. The molecule has 122 valence electrons. The van der Waals surface area contributed by atoms with E-state index in [4.69, 9.17) is 0 Å². The molecular weight excluding hydrogens is 316 g/mol. The van der Waals surface area contributed by atoms with Gasteiger partial charge in [-0.05, 0) is 24.3 Å². The molecule has 1 aliphatic rings. The van der Waals surface area contributed by atoms with Crippen LogP contribution in [0.3, 0.4) is 0 Å². The minimum Gasteiger partial charge on any atom is -0.321 e. The number of hydrazone groups is 1. The number of nitrogens with zero attached hydrogens (tertiary/aromatic N) is 2. The van der Waals surface area contributed by atoms with Gasteiger partial charge in [0.05, 0.1) is 5.69 Å². The molecule has 0 aromatic heterocycles. The van der Waals surface area contributed by atoms with Crippen LogP contribution < -0.4 is 10.3 Å². The van der Waals surface area contributed by atoms with Crippen LogP contribution in [0.2, 0.25) is 0 Å². The normalized spacial score (nSPS) is 14.3. The van der Waals surface area contributed by atoms with Gasteiger partial charge in [-0.15, -0.1) is 0 Å². The predicted octanol–water partition coefficient (Wildman–Crippen LogP) is 3.09. The van der Waals surface area contributed by atoms with Gasteiger partial charge < -0.3 is 5.32 Å². The lowest BCUT2D eigenvalue weighted by Gasteiger charge is -2.23. The lowest BCUT2D eigenvalue weighted by Crippen LogP contribution is -2.36. The second-order valence-corrected chi connectivity index (χ2v) is 5.20. The number of hydrogen-bond donors (Lipinski definition) is 1. The van der Waals surface area contributed by atoms with Crippen LogP contribution in [0, 0.1) is 11.6 Å². The summed E-state index contributed by atoms with van der Waals surface area (Å²) in [5.41, 5.74) is 0.649. The summed E-state index contributed by atoms with van der Waals surface area (Å²) in [5.74, 6) is -2.42. The van der Waals surface area contributed by atoms with Gasteiger partial charge in [0.15, 0.2) is 0 Å². The van der Waals surface area contributed by atoms with Crippen molar-refractivity contribution >= 4 is 28.9 Å². The van der Waals surface area contributed by atoms with Gasteiger partial charge in [0.1, 0.15) is 17.3 Å². The van der Waals surface area contributed by atoms with Gasteiger partial charge in [-0.25, -0.2) is 13.8 Å². The van der Waals surface area contributed by atoms with E-state index in [2.05, 4.69) is 10.4 Å². The lowest BCUT2D eigenvalue weighted by atomic mass is 10.1. The molecule has 24 heavy (non-hydrogen) atoms. The molecule has 3 rings (SSSR count). The zero-order valence-electron chi connectivity index (χ0n) is 12.5. The molecule has 0 aliphatic carbocycles. The third kappa shape index (κ3) is 3.45. The number of rotatable bonds is 3. The number of amides is 2. The molecule has 0 saturated heterocycles. The summed E-state index contributed by atoms with van der Waals surface area (Å²) in [6.45, 7) is 0. The van der Waals surface area contributed by atoms with Crippen molar-refractivity contribution < 1.29 is 18.4 Å². The van der Waals surface area contributed by atoms with Gasteiger partial charge in [0.2, 0.25) is 5.91 Å². The molecule has 1 heterocycles. The van der Waals surface area contributed by atoms with E-state index in [9.17, 15) is 18.4 Å². The average molecular weight is 329 g/mol. The maximum atomic E-state index is 13.2. The number of halogens is 2. The maximum Gasteiger partial charge on any atom is 0.271 e. The molecule has 1 N–H and O–H groups in total. The van der Waals surface area contributed by atoms with Crippen LogP contribution in [0.1, 0.15) is 12.8 Å². The summed E-state index contributed by atoms with van der Waals surface area (Å²) < 4.78 is 26.4. The fraction of sp³-hybridized carbons (Fsp3) is 0.118. The SMILES string of the molecule is O=C(Nc1cc(F)cc(F)c1)C1=NN(c2ccccc2)C(=O)CC1. The zero-order valence-corrected chi connectivity index (χ0v) is 12.5. The largest absolute Gasteiger partial charge is 0.321 e. The molecule has 0 spiro atoms. The molecule has 0 saturated carbocycles. The van der Waals surface area contributed by atoms with E-state index in [-0.39, 0.29) is 30.1 Å². The first-order valence-corrected chi connectivity index (χ1v) is 7.26. The van der Waals surface area contributed by atoms with E-state index in [1.807, 2.05) is 0 Å². The van der Waals surface area contributed by atoms with Crippen LogP contribution in [0.4, 0.5) is 20.2 Å². The number of anilines is 2. The second kappa shape index (κ2) is 6.57. The topological polar surface area (TPSA) is 61.8 Å². The van der Waals surface area contributed by atoms with Crippen LogP contribution in [0.15, 0.2) is 53.6 Å². The summed E-state index contributed by atoms with van der Waals surface area (Å²) >= 11 is 0. The Morgan fingerprint density at radius 3 is 2.38 bits per heavy atom. The van der Waals surface area contributed by atoms with Gasteiger partial charge in [-0.2, -0.15) is 5.10 Å². The number of nitrogens with one attached hydrogen (secondary N) is 1. The van der Waals surface area contributed by atoms with E-state index in [1.165, 1.54) is 0 Å². The van der Waals surface area contributed by atoms with E-state index < -0.39 is 17.5 Å². The molecule has 0 fully saturated rings. The summed E-state index contributed by atoms with van der Waals surface area (Å²) in [6.07, 6.45) is 0.282. The molecular formula is C17H13F2N3O2. The zero-order chi connectivity index (χ0) is 17.1. The molecule has 2 aromatic rings. The summed E-state index contributed by atoms with van der Waals surface area (Å²) in [6, 6.07) is 11.4. The van der Waals surface area contributed by atoms with E-state index in [1.54, 1.807) is 30.3 Å². The van der Waals surface area contributed by atoms with Crippen molar-refractivity contribution in [1.29, 1.82) is 0 Å². The number of benzene rings is 2. The minimum atomic E-state index is -0.794. The predicted molar refractivity (Wildman–Crippen MR) is 85.6 cm³/mol. The monoisotopic (exact) mass is 329 g/mol. The Morgan fingerprint density at radius 1 is 1.04 bits per heavy atom. The van der Waals surface area contributed by atoms with Crippen molar-refractivity contribution in [2.75, 3.05) is 10.3 Å². The quantitative estimate of drug-likeness (QED) is 0.940. The third-order valence-electron chi connectivity index (χ3n) is 3.42. The van der Waals surface area contributed by atoms with E-state index in [0.717, 1.165) is 17.1 Å². The number of para-hydroxylation sites is 1. The highest BCUT2D eigenvalue weighted by atomic mass is 19.1. The summed E-state index contributed by atoms with van der Waals surface area (Å²) in [5, 5.41) is 7.62. The Bertz CT molecular complexity index is 802. The van der Waals surface area contributed by atoms with Gasteiger partial charge in [-0.3, -0.25) is 9.59 Å². The summed E-state index contributed by atoms with van der Waals surface area (Å²) in [7, 11) is 0. The standard InChI is InChI=1S/C17H13F2N3O2/c18-11-8-12(19)10-13(9-11)20-17(24)15-6-7-16(23)22(21-15)14-4-2-1-3-5-14/h1-5,8-10H,6-7H2,(H,20,24). The fourth-order valence-corrected chi connectivity index (χ4v) is 2.32. The van der Waals surface area contributed by atoms with Crippen molar-refractivity contribution in [3.63, 3.8) is 0 Å². The first kappa shape index (κ1) is 15.8. The highest BCUT2D eigenvalue weighted by molar-refractivity contribution is 6.44. The van der Waals surface area contributed by atoms with Crippen molar-refractivity contribution in [2.24, 2.45) is 5.10 Å². The van der Waals surface area contributed by atoms with Crippen molar-refractivity contribution in [3.05, 3.63) is 60.2 Å². The first-order chi connectivity index (χ1) is 11.5. The van der Waals surface area contributed by atoms with Crippen LogP contribution in [-0.4, -0.2) is 17.5 Å². The van der Waals surface area contributed by atoms with Crippen molar-refractivity contribution in [3.8, 4) is 0 Å². The van der Waals surface area contributed by atoms with Gasteiger partial charge in [0.25, 0.3) is 5.91 Å². The fourth-order valence-electron chi connectivity index (χ4n) is 2.32. The molecule has 7 heteroatoms. The van der Waals surface area contributed by atoms with Crippen LogP contribution >= 0.6 is 0 Å². The molecule has 2 aromatic carbocycles. The Morgan fingerprint density at radius 2 is 1.71 bits per heavy atom. The smallest absolute Gasteiger partial charge is 0.271 e. The van der Waals surface area contributed by atoms with Crippen LogP contribution in [0.25, 0.3) is 0 Å². The molecule has 2 amide bonds. The lowest BCUT2D eigenvalue weighted by molar-refractivity contribution is -0.118. The van der Waals surface area contributed by atoms with Crippen LogP contribution in [0.5, 0.6) is 0 Å². The van der Waals surface area contributed by atoms with Gasteiger partial charge >= 0.3 is 0 Å².